The number of hydrogen-bond donors (Lipinski definition) is 0. The maximum absolute atomic E-state index is 12.6. The number of pyridine rings is 2. The van der Waals surface area contributed by atoms with E-state index in [1.165, 1.54) is 11.8 Å². The van der Waals surface area contributed by atoms with Crippen LogP contribution in [-0.4, -0.2) is 20.7 Å². The summed E-state index contributed by atoms with van der Waals surface area (Å²) in [6, 6.07) is 3.77. The Morgan fingerprint density at radius 1 is 1.32 bits per heavy atom. The molecule has 1 aliphatic rings. The van der Waals surface area contributed by atoms with Crippen LogP contribution in [0.5, 0.6) is 0 Å². The van der Waals surface area contributed by atoms with Gasteiger partial charge in [0.05, 0.1) is 10.6 Å². The number of aromatic nitrogens is 3. The Balaban J connectivity index is 1.60. The molecule has 5 nitrogen and oxygen atoms in total. The maximum Gasteiger partial charge on any atom is 0.143 e. The van der Waals surface area contributed by atoms with Gasteiger partial charge in [0.2, 0.25) is 0 Å². The molecule has 6 heteroatoms. The van der Waals surface area contributed by atoms with Crippen molar-refractivity contribution in [2.75, 3.05) is 0 Å². The average Bonchev–Trinajstić information content (AvgIpc) is 3.35. The lowest BCUT2D eigenvalue weighted by molar-refractivity contribution is -0.117. The average molecular weight is 348 g/mol. The standard InChI is InChI=1S/C19H16N4OS/c1-11-23-18-17(14-2-3-14)15(10-22-19(18)25-11)6-16(24)5-12-4-13(7-20)9-21-8-12/h4,8-10,14H,2-3,5-6H2,1H3. The first-order chi connectivity index (χ1) is 12.1. The number of Topliss-reactive ketones (excluding diaryl/α,β-unsaturated/α-hetero) is 1. The Morgan fingerprint density at radius 3 is 2.92 bits per heavy atom. The molecule has 1 saturated carbocycles. The fraction of sp³-hybridized carbons (Fsp3) is 0.316. The second-order valence-corrected chi connectivity index (χ2v) is 7.63. The third-order valence-electron chi connectivity index (χ3n) is 4.35. The van der Waals surface area contributed by atoms with E-state index in [0.29, 0.717) is 17.9 Å². The molecule has 0 spiro atoms. The first kappa shape index (κ1) is 15.9. The number of fused-ring (bicyclic) bond motifs is 1. The summed E-state index contributed by atoms with van der Waals surface area (Å²) in [5, 5.41) is 9.96. The molecule has 0 amide bonds. The summed E-state index contributed by atoms with van der Waals surface area (Å²) in [6.07, 6.45) is 7.93. The van der Waals surface area contributed by atoms with Gasteiger partial charge < -0.3 is 0 Å². The third-order valence-corrected chi connectivity index (χ3v) is 5.23. The number of nitrogens with zero attached hydrogens (tertiary/aromatic N) is 4. The van der Waals surface area contributed by atoms with Gasteiger partial charge in [0, 0.05) is 31.4 Å². The van der Waals surface area contributed by atoms with Crippen LogP contribution >= 0.6 is 11.3 Å². The topological polar surface area (TPSA) is 79.5 Å². The molecule has 3 heterocycles. The van der Waals surface area contributed by atoms with Crippen molar-refractivity contribution in [3.63, 3.8) is 0 Å². The smallest absolute Gasteiger partial charge is 0.143 e. The highest BCUT2D eigenvalue weighted by Crippen LogP contribution is 2.45. The lowest BCUT2D eigenvalue weighted by atomic mass is 9.98. The molecule has 4 rings (SSSR count). The molecule has 0 N–H and O–H groups in total. The molecule has 1 aliphatic carbocycles. The molecule has 0 atom stereocenters. The van der Waals surface area contributed by atoms with E-state index >= 15 is 0 Å². The first-order valence-corrected chi connectivity index (χ1v) is 9.06. The SMILES string of the molecule is Cc1nc2c(C3CC3)c(CC(=O)Cc3cncc(C#N)c3)cnc2s1. The Morgan fingerprint density at radius 2 is 2.16 bits per heavy atom. The van der Waals surface area contributed by atoms with E-state index in [2.05, 4.69) is 21.0 Å². The van der Waals surface area contributed by atoms with Crippen LogP contribution in [0.1, 0.15) is 46.0 Å². The lowest BCUT2D eigenvalue weighted by Gasteiger charge is -2.09. The summed E-state index contributed by atoms with van der Waals surface area (Å²) in [6.45, 7) is 1.99. The van der Waals surface area contributed by atoms with Crippen molar-refractivity contribution in [2.24, 2.45) is 0 Å². The number of carbonyl (C=O) groups is 1. The molecule has 0 radical (unpaired) electrons. The van der Waals surface area contributed by atoms with Gasteiger partial charge in [-0.2, -0.15) is 5.26 Å². The highest BCUT2D eigenvalue weighted by atomic mass is 32.1. The van der Waals surface area contributed by atoms with E-state index in [-0.39, 0.29) is 12.2 Å². The Kier molecular flexibility index (Phi) is 4.02. The number of rotatable bonds is 5. The predicted octanol–water partition coefficient (Wildman–Crippen LogP) is 3.50. The maximum atomic E-state index is 12.6. The molecule has 1 fully saturated rings. The minimum Gasteiger partial charge on any atom is -0.299 e. The minimum atomic E-state index is 0.104. The number of ketones is 1. The van der Waals surface area contributed by atoms with Crippen LogP contribution in [0.3, 0.4) is 0 Å². The molecule has 124 valence electrons. The zero-order valence-corrected chi connectivity index (χ0v) is 14.6. The number of aryl methyl sites for hydroxylation is 1. The molecule has 3 aromatic rings. The van der Waals surface area contributed by atoms with E-state index in [9.17, 15) is 4.79 Å². The Labute approximate surface area is 149 Å². The zero-order valence-electron chi connectivity index (χ0n) is 13.8. The van der Waals surface area contributed by atoms with Crippen molar-refractivity contribution < 1.29 is 4.79 Å². The Bertz CT molecular complexity index is 1010. The molecule has 0 saturated heterocycles. The van der Waals surface area contributed by atoms with Crippen LogP contribution in [0.25, 0.3) is 10.3 Å². The second kappa shape index (κ2) is 6.34. The lowest BCUT2D eigenvalue weighted by Crippen LogP contribution is -2.09. The molecule has 0 bridgehead atoms. The van der Waals surface area contributed by atoms with Gasteiger partial charge in [0.25, 0.3) is 0 Å². The number of nitriles is 1. The van der Waals surface area contributed by atoms with Crippen molar-refractivity contribution in [3.8, 4) is 6.07 Å². The van der Waals surface area contributed by atoms with Gasteiger partial charge in [-0.3, -0.25) is 9.78 Å². The minimum absolute atomic E-state index is 0.104. The van der Waals surface area contributed by atoms with Gasteiger partial charge in [0.1, 0.15) is 22.2 Å². The van der Waals surface area contributed by atoms with Crippen molar-refractivity contribution in [3.05, 3.63) is 51.9 Å². The van der Waals surface area contributed by atoms with Gasteiger partial charge in [-0.1, -0.05) is 11.3 Å². The largest absolute Gasteiger partial charge is 0.299 e. The summed E-state index contributed by atoms with van der Waals surface area (Å²) < 4.78 is 0. The fourth-order valence-electron chi connectivity index (χ4n) is 3.15. The van der Waals surface area contributed by atoms with E-state index < -0.39 is 0 Å². The van der Waals surface area contributed by atoms with Crippen LogP contribution in [0.15, 0.2) is 24.7 Å². The quantitative estimate of drug-likeness (QED) is 0.705. The molecular weight excluding hydrogens is 332 g/mol. The summed E-state index contributed by atoms with van der Waals surface area (Å²) in [5.41, 5.74) is 4.44. The van der Waals surface area contributed by atoms with Crippen LogP contribution < -0.4 is 0 Å². The first-order valence-electron chi connectivity index (χ1n) is 8.24. The molecule has 3 aromatic heterocycles. The normalized spacial score (nSPS) is 13.8. The highest BCUT2D eigenvalue weighted by molar-refractivity contribution is 7.18. The van der Waals surface area contributed by atoms with Gasteiger partial charge >= 0.3 is 0 Å². The van der Waals surface area contributed by atoms with E-state index in [1.807, 2.05) is 13.1 Å². The number of hydrogen-bond acceptors (Lipinski definition) is 6. The van der Waals surface area contributed by atoms with Crippen LogP contribution in [0.2, 0.25) is 0 Å². The van der Waals surface area contributed by atoms with Crippen LogP contribution in [-0.2, 0) is 17.6 Å². The Hall–Kier alpha value is -2.65. The van der Waals surface area contributed by atoms with Gasteiger partial charge in [-0.25, -0.2) is 9.97 Å². The zero-order chi connectivity index (χ0) is 17.4. The summed E-state index contributed by atoms with van der Waals surface area (Å²) in [4.78, 5) is 26.7. The molecule has 25 heavy (non-hydrogen) atoms. The molecule has 0 aliphatic heterocycles. The molecule has 0 aromatic carbocycles. The fourth-order valence-corrected chi connectivity index (χ4v) is 3.93. The van der Waals surface area contributed by atoms with E-state index in [0.717, 1.165) is 39.3 Å². The highest BCUT2D eigenvalue weighted by Gasteiger charge is 2.30. The monoisotopic (exact) mass is 348 g/mol. The summed E-state index contributed by atoms with van der Waals surface area (Å²) in [5.74, 6) is 0.616. The summed E-state index contributed by atoms with van der Waals surface area (Å²) >= 11 is 1.60. The van der Waals surface area contributed by atoms with Gasteiger partial charge in [-0.15, -0.1) is 0 Å². The van der Waals surface area contributed by atoms with Gasteiger partial charge in [-0.05, 0) is 48.4 Å². The van der Waals surface area contributed by atoms with Crippen molar-refractivity contribution in [2.45, 2.75) is 38.5 Å². The van der Waals surface area contributed by atoms with Crippen molar-refractivity contribution >= 4 is 27.5 Å². The molecule has 0 unspecified atom stereocenters. The predicted molar refractivity (Wildman–Crippen MR) is 95.5 cm³/mol. The van der Waals surface area contributed by atoms with E-state index in [4.69, 9.17) is 5.26 Å². The summed E-state index contributed by atoms with van der Waals surface area (Å²) in [7, 11) is 0. The van der Waals surface area contributed by atoms with Crippen molar-refractivity contribution in [1.29, 1.82) is 5.26 Å². The number of thiazole rings is 1. The third kappa shape index (κ3) is 3.28. The number of carbonyl (C=O) groups excluding carboxylic acids is 1. The second-order valence-electron chi connectivity index (χ2n) is 6.44. The van der Waals surface area contributed by atoms with E-state index in [1.54, 1.807) is 23.6 Å². The molecular formula is C19H16N4OS. The van der Waals surface area contributed by atoms with Crippen molar-refractivity contribution in [1.82, 2.24) is 15.0 Å². The van der Waals surface area contributed by atoms with Crippen LogP contribution in [0, 0.1) is 18.3 Å². The van der Waals surface area contributed by atoms with Crippen LogP contribution in [0.4, 0.5) is 0 Å². The van der Waals surface area contributed by atoms with Gasteiger partial charge in [0.15, 0.2) is 0 Å².